The topological polar surface area (TPSA) is 82.5 Å². The lowest BCUT2D eigenvalue weighted by Crippen LogP contribution is -2.41. The Balaban J connectivity index is 2.21. The van der Waals surface area contributed by atoms with Gasteiger partial charge in [-0.1, -0.05) is 6.07 Å². The number of aromatic nitrogens is 1. The van der Waals surface area contributed by atoms with Gasteiger partial charge in [0.25, 0.3) is 0 Å². The number of pyridine rings is 1. The van der Waals surface area contributed by atoms with Gasteiger partial charge >= 0.3 is 12.3 Å². The van der Waals surface area contributed by atoms with Crippen molar-refractivity contribution in [2.75, 3.05) is 6.54 Å². The van der Waals surface area contributed by atoms with Crippen LogP contribution in [0.4, 0.5) is 18.0 Å². The predicted molar refractivity (Wildman–Crippen MR) is 109 cm³/mol. The smallest absolute Gasteiger partial charge is 0.433 e. The largest absolute Gasteiger partial charge is 0.465 e. The first-order valence-electron chi connectivity index (χ1n) is 9.84. The number of nitrogens with one attached hydrogen (secondary N) is 1. The van der Waals surface area contributed by atoms with Crippen LogP contribution in [0.5, 0.6) is 0 Å². The standard InChI is InChI=1S/C20H30F3N3O3S/c1-18(2,3)30(29)25-15(14-7-6-8-16(24-14)20(21,22)23)10-9-13-11-19(4,5)26(12-13)17(27)28/h6-8,13,15,25H,9-12H2,1-5H3,(H,27,28)/t13-,15?,30?/m0/s1. The lowest BCUT2D eigenvalue weighted by atomic mass is 9.91. The predicted octanol–water partition coefficient (Wildman–Crippen LogP) is 4.75. The van der Waals surface area contributed by atoms with Gasteiger partial charge in [-0.2, -0.15) is 13.2 Å². The molecule has 1 fully saturated rings. The van der Waals surface area contributed by atoms with Crippen LogP contribution in [0, 0.1) is 5.92 Å². The monoisotopic (exact) mass is 449 g/mol. The Bertz CT molecular complexity index is 793. The second-order valence-corrected chi connectivity index (χ2v) is 11.3. The second kappa shape index (κ2) is 8.82. The van der Waals surface area contributed by atoms with Gasteiger partial charge in [-0.3, -0.25) is 0 Å². The molecule has 2 unspecified atom stereocenters. The van der Waals surface area contributed by atoms with Gasteiger partial charge in [0.2, 0.25) is 0 Å². The van der Waals surface area contributed by atoms with Crippen LogP contribution in [0.25, 0.3) is 0 Å². The van der Waals surface area contributed by atoms with Crippen LogP contribution in [-0.2, 0) is 17.2 Å². The van der Waals surface area contributed by atoms with Crippen molar-refractivity contribution in [3.05, 3.63) is 29.6 Å². The van der Waals surface area contributed by atoms with E-state index in [4.69, 9.17) is 0 Å². The highest BCUT2D eigenvalue weighted by Gasteiger charge is 2.41. The molecule has 2 rings (SSSR count). The molecule has 2 N–H and O–H groups in total. The third kappa shape index (κ3) is 6.16. The van der Waals surface area contributed by atoms with Gasteiger partial charge in [-0.15, -0.1) is 0 Å². The molecular weight excluding hydrogens is 419 g/mol. The van der Waals surface area contributed by atoms with Crippen LogP contribution in [0.3, 0.4) is 0 Å². The van der Waals surface area contributed by atoms with Gasteiger partial charge in [-0.25, -0.2) is 18.7 Å². The Labute approximate surface area is 177 Å². The molecule has 30 heavy (non-hydrogen) atoms. The fourth-order valence-corrected chi connectivity index (χ4v) is 4.55. The summed E-state index contributed by atoms with van der Waals surface area (Å²) in [5.74, 6) is 0.0641. The molecule has 1 aliphatic rings. The molecule has 2 heterocycles. The highest BCUT2D eigenvalue weighted by atomic mass is 32.2. The summed E-state index contributed by atoms with van der Waals surface area (Å²) in [7, 11) is -1.50. The molecule has 170 valence electrons. The SMILES string of the molecule is CC1(C)C[C@H](CCC(NS(=O)C(C)(C)C)c2cccc(C(F)(F)F)n2)CN1C(=O)O. The van der Waals surface area contributed by atoms with Crippen LogP contribution in [-0.4, -0.2) is 42.1 Å². The van der Waals surface area contributed by atoms with E-state index in [2.05, 4.69) is 9.71 Å². The van der Waals surface area contributed by atoms with Crippen molar-refractivity contribution in [2.45, 2.75) is 76.4 Å². The number of halogens is 3. The minimum atomic E-state index is -4.57. The summed E-state index contributed by atoms with van der Waals surface area (Å²) in [6, 6.07) is 3.06. The second-order valence-electron chi connectivity index (χ2n) is 9.35. The van der Waals surface area contributed by atoms with Crippen molar-refractivity contribution < 1.29 is 27.3 Å². The first-order chi connectivity index (χ1) is 13.6. The number of rotatable bonds is 6. The molecule has 1 aromatic rings. The first-order valence-corrected chi connectivity index (χ1v) is 11.0. The fourth-order valence-electron chi connectivity index (χ4n) is 3.70. The van der Waals surface area contributed by atoms with E-state index in [-0.39, 0.29) is 11.6 Å². The molecule has 10 heteroatoms. The maximum atomic E-state index is 13.1. The van der Waals surface area contributed by atoms with E-state index in [0.717, 1.165) is 6.07 Å². The Morgan fingerprint density at radius 3 is 2.50 bits per heavy atom. The molecule has 1 saturated heterocycles. The molecule has 0 aromatic carbocycles. The number of alkyl halides is 3. The highest BCUT2D eigenvalue weighted by molar-refractivity contribution is 7.84. The molecule has 0 bridgehead atoms. The molecule has 1 amide bonds. The lowest BCUT2D eigenvalue weighted by Gasteiger charge is -2.28. The van der Waals surface area contributed by atoms with Gasteiger partial charge in [0.15, 0.2) is 0 Å². The Kier molecular flexibility index (Phi) is 7.23. The van der Waals surface area contributed by atoms with Crippen molar-refractivity contribution in [1.29, 1.82) is 0 Å². The summed E-state index contributed by atoms with van der Waals surface area (Å²) in [5.41, 5.74) is -1.32. The van der Waals surface area contributed by atoms with Crippen LogP contribution in [0.15, 0.2) is 18.2 Å². The normalized spacial score (nSPS) is 21.5. The van der Waals surface area contributed by atoms with Crippen LogP contribution in [0.1, 0.15) is 71.3 Å². The zero-order chi connectivity index (χ0) is 22.9. The molecule has 1 aromatic heterocycles. The summed E-state index contributed by atoms with van der Waals surface area (Å²) >= 11 is 0. The molecule has 0 radical (unpaired) electrons. The maximum Gasteiger partial charge on any atom is 0.433 e. The summed E-state index contributed by atoms with van der Waals surface area (Å²) in [4.78, 5) is 16.6. The average Bonchev–Trinajstić information content (AvgIpc) is 2.91. The summed E-state index contributed by atoms with van der Waals surface area (Å²) < 4.78 is 54.3. The number of hydrogen-bond donors (Lipinski definition) is 2. The van der Waals surface area contributed by atoms with Crippen molar-refractivity contribution in [1.82, 2.24) is 14.6 Å². The number of hydrogen-bond acceptors (Lipinski definition) is 3. The summed E-state index contributed by atoms with van der Waals surface area (Å²) in [5, 5.41) is 9.39. The van der Waals surface area contributed by atoms with Crippen LogP contribution >= 0.6 is 0 Å². The number of likely N-dealkylation sites (tertiary alicyclic amines) is 1. The van der Waals surface area contributed by atoms with Gasteiger partial charge in [0.1, 0.15) is 5.69 Å². The quantitative estimate of drug-likeness (QED) is 0.657. The number of carboxylic acid groups (broad SMARTS) is 1. The Hall–Kier alpha value is -1.68. The van der Waals surface area contributed by atoms with E-state index in [0.29, 0.717) is 25.8 Å². The average molecular weight is 450 g/mol. The molecule has 1 aliphatic heterocycles. The van der Waals surface area contributed by atoms with E-state index in [9.17, 15) is 27.3 Å². The number of carbonyl (C=O) groups is 1. The number of amides is 1. The van der Waals surface area contributed by atoms with Crippen LogP contribution < -0.4 is 4.72 Å². The Morgan fingerprint density at radius 2 is 2.00 bits per heavy atom. The van der Waals surface area contributed by atoms with E-state index in [1.54, 1.807) is 20.8 Å². The lowest BCUT2D eigenvalue weighted by molar-refractivity contribution is -0.141. The van der Waals surface area contributed by atoms with Crippen molar-refractivity contribution in [3.63, 3.8) is 0 Å². The minimum Gasteiger partial charge on any atom is -0.465 e. The maximum absolute atomic E-state index is 13.1. The van der Waals surface area contributed by atoms with Crippen LogP contribution in [0.2, 0.25) is 0 Å². The van der Waals surface area contributed by atoms with E-state index in [1.165, 1.54) is 17.0 Å². The van der Waals surface area contributed by atoms with E-state index in [1.807, 2.05) is 13.8 Å². The van der Waals surface area contributed by atoms with Gasteiger partial charge in [-0.05, 0) is 71.9 Å². The van der Waals surface area contributed by atoms with E-state index >= 15 is 0 Å². The summed E-state index contributed by atoms with van der Waals surface area (Å²) in [6.45, 7) is 9.41. The van der Waals surface area contributed by atoms with E-state index < -0.39 is 45.3 Å². The molecular formula is C20H30F3N3O3S. The van der Waals surface area contributed by atoms with Gasteiger partial charge in [0.05, 0.1) is 27.5 Å². The molecule has 0 aliphatic carbocycles. The fraction of sp³-hybridized carbons (Fsp3) is 0.700. The molecule has 0 saturated carbocycles. The first kappa shape index (κ1) is 24.6. The molecule has 3 atom stereocenters. The zero-order valence-corrected chi connectivity index (χ0v) is 18.7. The van der Waals surface area contributed by atoms with Crippen molar-refractivity contribution in [3.8, 4) is 0 Å². The number of nitrogens with zero attached hydrogens (tertiary/aromatic N) is 2. The zero-order valence-electron chi connectivity index (χ0n) is 17.9. The minimum absolute atomic E-state index is 0.0641. The molecule has 0 spiro atoms. The van der Waals surface area contributed by atoms with Gasteiger partial charge < -0.3 is 10.0 Å². The highest BCUT2D eigenvalue weighted by Crippen LogP contribution is 2.37. The summed E-state index contributed by atoms with van der Waals surface area (Å²) in [6.07, 6.45) is -3.93. The Morgan fingerprint density at radius 1 is 1.37 bits per heavy atom. The van der Waals surface area contributed by atoms with Crippen molar-refractivity contribution >= 4 is 17.1 Å². The van der Waals surface area contributed by atoms with Crippen molar-refractivity contribution in [2.24, 2.45) is 5.92 Å². The third-order valence-electron chi connectivity index (χ3n) is 5.28. The van der Waals surface area contributed by atoms with Gasteiger partial charge in [0, 0.05) is 12.1 Å². The third-order valence-corrected chi connectivity index (χ3v) is 6.89. The molecule has 6 nitrogen and oxygen atoms in total.